The molecular weight excluding hydrogens is 569 g/mol. The number of rotatable bonds is 8. The maximum atomic E-state index is 15.0. The Kier molecular flexibility index (Phi) is 9.49. The third-order valence-corrected chi connectivity index (χ3v) is 6.81. The van der Waals surface area contributed by atoms with Crippen molar-refractivity contribution in [1.82, 2.24) is 0 Å². The molecule has 0 radical (unpaired) electrons. The van der Waals surface area contributed by atoms with Crippen molar-refractivity contribution in [3.8, 4) is 17.6 Å². The van der Waals surface area contributed by atoms with E-state index in [2.05, 4.69) is 23.5 Å². The predicted octanol–water partition coefficient (Wildman–Crippen LogP) is 10.1. The molecule has 1 aliphatic carbocycles. The maximum Gasteiger partial charge on any atom is 0.432 e. The lowest BCUT2D eigenvalue weighted by atomic mass is 9.88. The largest absolute Gasteiger partial charge is 0.432 e. The highest BCUT2D eigenvalue weighted by Crippen LogP contribution is 2.40. The molecule has 0 N–H and O–H groups in total. The Balaban J connectivity index is 1.48. The molecule has 0 saturated heterocycles. The highest BCUT2D eigenvalue weighted by Gasteiger charge is 2.42. The van der Waals surface area contributed by atoms with E-state index in [1.54, 1.807) is 6.08 Å². The predicted molar refractivity (Wildman–Crippen MR) is 143 cm³/mol. The van der Waals surface area contributed by atoms with Crippen LogP contribution in [0, 0.1) is 35.1 Å². The standard InChI is InChI=1S/C32H24ClF7O/c1-2-3-4-5-19-6-8-20(9-7-19)10-11-21-12-13-24(26(34)14-21)22-15-27(35)30(28(36)16-22)32(39,40)41-23-17-25(33)31(38)29(37)18-23/h6-9,12,14-18,24H,2-5,13H2,1H3. The van der Waals surface area contributed by atoms with Crippen LogP contribution in [-0.2, 0) is 12.5 Å². The summed E-state index contributed by atoms with van der Waals surface area (Å²) in [7, 11) is 0. The first-order chi connectivity index (χ1) is 19.5. The molecule has 3 aromatic carbocycles. The third-order valence-electron chi connectivity index (χ3n) is 6.54. The van der Waals surface area contributed by atoms with Crippen molar-refractivity contribution in [2.24, 2.45) is 0 Å². The van der Waals surface area contributed by atoms with Crippen LogP contribution < -0.4 is 4.74 Å². The van der Waals surface area contributed by atoms with Crippen LogP contribution in [0.5, 0.6) is 5.75 Å². The van der Waals surface area contributed by atoms with Crippen molar-refractivity contribution < 1.29 is 35.5 Å². The van der Waals surface area contributed by atoms with Gasteiger partial charge in [-0.2, -0.15) is 8.78 Å². The van der Waals surface area contributed by atoms with Crippen LogP contribution in [0.4, 0.5) is 30.7 Å². The van der Waals surface area contributed by atoms with Crippen molar-refractivity contribution in [2.75, 3.05) is 0 Å². The fraction of sp³-hybridized carbons (Fsp3) is 0.250. The van der Waals surface area contributed by atoms with E-state index in [-0.39, 0.29) is 18.1 Å². The Morgan fingerprint density at radius 3 is 2.20 bits per heavy atom. The van der Waals surface area contributed by atoms with Crippen LogP contribution in [0.2, 0.25) is 5.02 Å². The van der Waals surface area contributed by atoms with E-state index in [0.717, 1.165) is 37.3 Å². The number of aryl methyl sites for hydroxylation is 1. The summed E-state index contributed by atoms with van der Waals surface area (Å²) in [5.74, 6) is -3.50. The first kappa shape index (κ1) is 30.3. The van der Waals surface area contributed by atoms with Crippen molar-refractivity contribution in [2.45, 2.75) is 51.1 Å². The molecule has 0 aliphatic heterocycles. The van der Waals surface area contributed by atoms with Gasteiger partial charge in [-0.25, -0.2) is 22.0 Å². The SMILES string of the molecule is CCCCCc1ccc(C#CC2=CCC(c3cc(F)c(C(F)(F)Oc4cc(F)c(F)c(Cl)c4)c(F)c3)C(F)=C2)cc1. The topological polar surface area (TPSA) is 9.23 Å². The Labute approximate surface area is 238 Å². The van der Waals surface area contributed by atoms with E-state index in [4.69, 9.17) is 11.6 Å². The number of ether oxygens (including phenoxy) is 1. The van der Waals surface area contributed by atoms with Gasteiger partial charge >= 0.3 is 6.11 Å². The fourth-order valence-corrected chi connectivity index (χ4v) is 4.59. The van der Waals surface area contributed by atoms with E-state index in [0.29, 0.717) is 23.8 Å². The highest BCUT2D eigenvalue weighted by molar-refractivity contribution is 6.30. The van der Waals surface area contributed by atoms with Gasteiger partial charge in [-0.05, 0) is 60.7 Å². The average molecular weight is 593 g/mol. The monoisotopic (exact) mass is 592 g/mol. The quantitative estimate of drug-likeness (QED) is 0.109. The molecule has 1 aliphatic rings. The lowest BCUT2D eigenvalue weighted by Crippen LogP contribution is -2.25. The molecule has 0 bridgehead atoms. The summed E-state index contributed by atoms with van der Waals surface area (Å²) < 4.78 is 105. The molecular formula is C32H24ClF7O. The molecule has 4 rings (SSSR count). The van der Waals surface area contributed by atoms with Gasteiger partial charge in [-0.3, -0.25) is 0 Å². The van der Waals surface area contributed by atoms with Gasteiger partial charge in [0.2, 0.25) is 0 Å². The lowest BCUT2D eigenvalue weighted by Gasteiger charge is -2.22. The van der Waals surface area contributed by atoms with Gasteiger partial charge in [-0.15, -0.1) is 0 Å². The molecule has 1 unspecified atom stereocenters. The van der Waals surface area contributed by atoms with Gasteiger partial charge in [0.15, 0.2) is 11.6 Å². The molecule has 0 heterocycles. The van der Waals surface area contributed by atoms with E-state index >= 15 is 0 Å². The molecule has 0 amide bonds. The van der Waals surface area contributed by atoms with E-state index in [1.165, 1.54) is 5.56 Å². The highest BCUT2D eigenvalue weighted by atomic mass is 35.5. The number of benzene rings is 3. The van der Waals surface area contributed by atoms with Crippen LogP contribution in [0.15, 0.2) is 72.1 Å². The summed E-state index contributed by atoms with van der Waals surface area (Å²) >= 11 is 5.42. The smallest absolute Gasteiger partial charge is 0.429 e. The van der Waals surface area contributed by atoms with Crippen LogP contribution >= 0.6 is 11.6 Å². The molecule has 0 aromatic heterocycles. The zero-order valence-corrected chi connectivity index (χ0v) is 22.6. The van der Waals surface area contributed by atoms with Gasteiger partial charge in [0.05, 0.1) is 5.02 Å². The van der Waals surface area contributed by atoms with E-state index in [1.807, 2.05) is 24.3 Å². The Bertz CT molecular complexity index is 1500. The number of hydrogen-bond acceptors (Lipinski definition) is 1. The minimum Gasteiger partial charge on any atom is -0.429 e. The molecule has 0 saturated carbocycles. The zero-order chi connectivity index (χ0) is 29.7. The summed E-state index contributed by atoms with van der Waals surface area (Å²) in [6.45, 7) is 2.14. The number of halogens is 8. The zero-order valence-electron chi connectivity index (χ0n) is 21.8. The van der Waals surface area contributed by atoms with Crippen LogP contribution in [0.25, 0.3) is 0 Å². The number of allylic oxidation sites excluding steroid dienone is 4. The average Bonchev–Trinajstić information content (AvgIpc) is 2.90. The van der Waals surface area contributed by atoms with Crippen molar-refractivity contribution in [1.29, 1.82) is 0 Å². The second-order valence-corrected chi connectivity index (χ2v) is 9.97. The van der Waals surface area contributed by atoms with Gasteiger partial charge in [0.25, 0.3) is 0 Å². The number of unbranched alkanes of at least 4 members (excludes halogenated alkanes) is 2. The number of alkyl halides is 2. The Morgan fingerprint density at radius 2 is 1.59 bits per heavy atom. The second-order valence-electron chi connectivity index (χ2n) is 9.56. The minimum absolute atomic E-state index is 0.0127. The van der Waals surface area contributed by atoms with E-state index in [9.17, 15) is 30.7 Å². The van der Waals surface area contributed by atoms with Crippen LogP contribution in [0.3, 0.4) is 0 Å². The first-order valence-electron chi connectivity index (χ1n) is 12.9. The van der Waals surface area contributed by atoms with Gasteiger partial charge < -0.3 is 4.74 Å². The molecule has 1 nitrogen and oxygen atoms in total. The summed E-state index contributed by atoms with van der Waals surface area (Å²) in [6.07, 6.45) is 2.48. The maximum absolute atomic E-state index is 15.0. The fourth-order valence-electron chi connectivity index (χ4n) is 4.39. The van der Waals surface area contributed by atoms with Gasteiger partial charge in [-0.1, -0.05) is 61.4 Å². The molecule has 1 atom stereocenters. The van der Waals surface area contributed by atoms with Crippen molar-refractivity contribution in [3.63, 3.8) is 0 Å². The molecule has 0 fully saturated rings. The molecule has 9 heteroatoms. The molecule has 0 spiro atoms. The van der Waals surface area contributed by atoms with Crippen molar-refractivity contribution >= 4 is 11.6 Å². The van der Waals surface area contributed by atoms with Gasteiger partial charge in [0.1, 0.15) is 28.8 Å². The Hall–Kier alpha value is -3.70. The number of hydrogen-bond donors (Lipinski definition) is 0. The molecule has 214 valence electrons. The summed E-state index contributed by atoms with van der Waals surface area (Å²) in [6, 6.07) is 9.72. The summed E-state index contributed by atoms with van der Waals surface area (Å²) in [4.78, 5) is 0. The lowest BCUT2D eigenvalue weighted by molar-refractivity contribution is -0.189. The third kappa shape index (κ3) is 7.34. The van der Waals surface area contributed by atoms with Crippen LogP contribution in [0.1, 0.15) is 60.8 Å². The molecule has 41 heavy (non-hydrogen) atoms. The first-order valence-corrected chi connectivity index (χ1v) is 13.2. The van der Waals surface area contributed by atoms with Gasteiger partial charge in [0, 0.05) is 29.2 Å². The van der Waals surface area contributed by atoms with Crippen molar-refractivity contribution in [3.05, 3.63) is 123 Å². The van der Waals surface area contributed by atoms with Crippen LogP contribution in [-0.4, -0.2) is 0 Å². The summed E-state index contributed by atoms with van der Waals surface area (Å²) in [5, 5.41) is -0.862. The van der Waals surface area contributed by atoms with E-state index < -0.39 is 57.5 Å². The normalized spacial score (nSPS) is 15.1. The molecule has 3 aromatic rings. The minimum atomic E-state index is -4.63. The second kappa shape index (κ2) is 12.9. The summed E-state index contributed by atoms with van der Waals surface area (Å²) in [5.41, 5.74) is 0.327. The Morgan fingerprint density at radius 1 is 0.902 bits per heavy atom.